The van der Waals surface area contributed by atoms with E-state index >= 15 is 0 Å². The summed E-state index contributed by atoms with van der Waals surface area (Å²) in [6.07, 6.45) is 4.12. The molecule has 0 fully saturated rings. The second-order valence-corrected chi connectivity index (χ2v) is 11.3. The molecule has 2 aliphatic rings. The highest BCUT2D eigenvalue weighted by atomic mass is 15.3. The minimum atomic E-state index is -0.131. The molecule has 44 heavy (non-hydrogen) atoms. The monoisotopic (exact) mass is 564 g/mol. The lowest BCUT2D eigenvalue weighted by Gasteiger charge is -2.32. The van der Waals surface area contributed by atoms with Gasteiger partial charge in [0.2, 0.25) is 0 Å². The number of para-hydroxylation sites is 2. The van der Waals surface area contributed by atoms with Crippen LogP contribution in [0.25, 0.3) is 50.5 Å². The van der Waals surface area contributed by atoms with Crippen LogP contribution in [0.3, 0.4) is 0 Å². The van der Waals surface area contributed by atoms with Crippen molar-refractivity contribution in [2.45, 2.75) is 6.17 Å². The Morgan fingerprint density at radius 3 is 1.91 bits per heavy atom. The number of hydrogen-bond acceptors (Lipinski definition) is 3. The number of aromatic nitrogens is 2. The van der Waals surface area contributed by atoms with Crippen molar-refractivity contribution in [3.05, 3.63) is 163 Å². The zero-order valence-corrected chi connectivity index (χ0v) is 23.9. The van der Waals surface area contributed by atoms with Crippen LogP contribution in [-0.4, -0.2) is 15.7 Å². The summed E-state index contributed by atoms with van der Waals surface area (Å²) in [5.41, 5.74) is 12.6. The highest BCUT2D eigenvalue weighted by molar-refractivity contribution is 6.09. The quantitative estimate of drug-likeness (QED) is 0.231. The molecular formula is C40H28N4. The normalized spacial score (nSPS) is 14.9. The van der Waals surface area contributed by atoms with E-state index in [1.807, 2.05) is 12.3 Å². The van der Waals surface area contributed by atoms with Crippen molar-refractivity contribution >= 4 is 39.7 Å². The van der Waals surface area contributed by atoms with Crippen LogP contribution in [-0.2, 0) is 0 Å². The van der Waals surface area contributed by atoms with Crippen LogP contribution in [0, 0.1) is 0 Å². The van der Waals surface area contributed by atoms with Crippen molar-refractivity contribution in [3.63, 3.8) is 0 Å². The molecule has 0 saturated carbocycles. The van der Waals surface area contributed by atoms with Gasteiger partial charge in [0.1, 0.15) is 12.0 Å². The van der Waals surface area contributed by atoms with E-state index in [0.717, 1.165) is 28.6 Å². The molecule has 4 heteroatoms. The van der Waals surface area contributed by atoms with E-state index in [4.69, 9.17) is 4.98 Å². The standard InChI is InChI=1S/C40H28N4/c1-4-13-27(14-5-1)29-23-30(28-15-6-2-7-16-28)25-32(24-29)44-37-21-12-22-41-38(37)35-26-34-33-19-10-11-20-36(33)43(39(34)42-40(35)44)31-17-8-3-9-18-31/h1-26,40,42H. The number of anilines is 3. The van der Waals surface area contributed by atoms with Crippen LogP contribution < -0.4 is 10.2 Å². The van der Waals surface area contributed by atoms with Gasteiger partial charge in [0.25, 0.3) is 0 Å². The van der Waals surface area contributed by atoms with E-state index in [-0.39, 0.29) is 6.17 Å². The fraction of sp³-hybridized carbons (Fsp3) is 0.0250. The third kappa shape index (κ3) is 3.81. The number of benzene rings is 5. The molecule has 0 aliphatic carbocycles. The molecule has 7 aromatic rings. The van der Waals surface area contributed by atoms with Gasteiger partial charge in [0, 0.05) is 34.1 Å². The molecule has 9 rings (SSSR count). The molecule has 2 aromatic heterocycles. The third-order valence-electron chi connectivity index (χ3n) is 8.78. The van der Waals surface area contributed by atoms with Crippen molar-refractivity contribution in [1.29, 1.82) is 0 Å². The van der Waals surface area contributed by atoms with Gasteiger partial charge in [-0.2, -0.15) is 0 Å². The van der Waals surface area contributed by atoms with Gasteiger partial charge < -0.3 is 10.2 Å². The Morgan fingerprint density at radius 1 is 0.568 bits per heavy atom. The highest BCUT2D eigenvalue weighted by Crippen LogP contribution is 2.50. The lowest BCUT2D eigenvalue weighted by molar-refractivity contribution is 0.906. The second kappa shape index (κ2) is 9.85. The molecule has 4 nitrogen and oxygen atoms in total. The number of nitrogens with one attached hydrogen (secondary N) is 1. The predicted molar refractivity (Wildman–Crippen MR) is 182 cm³/mol. The molecule has 208 valence electrons. The fourth-order valence-electron chi connectivity index (χ4n) is 6.83. The van der Waals surface area contributed by atoms with Gasteiger partial charge in [-0.05, 0) is 76.9 Å². The first kappa shape index (κ1) is 24.7. The van der Waals surface area contributed by atoms with Crippen LogP contribution in [0.5, 0.6) is 0 Å². The summed E-state index contributed by atoms with van der Waals surface area (Å²) in [7, 11) is 0. The average Bonchev–Trinajstić information content (AvgIpc) is 3.60. The van der Waals surface area contributed by atoms with Gasteiger partial charge in [-0.1, -0.05) is 97.1 Å². The van der Waals surface area contributed by atoms with E-state index < -0.39 is 0 Å². The van der Waals surface area contributed by atoms with E-state index in [2.05, 4.69) is 160 Å². The van der Waals surface area contributed by atoms with Crippen LogP contribution in [0.4, 0.5) is 17.2 Å². The molecule has 0 bridgehead atoms. The summed E-state index contributed by atoms with van der Waals surface area (Å²) in [5.74, 6) is 1.09. The molecule has 0 radical (unpaired) electrons. The molecule has 5 aromatic carbocycles. The minimum Gasteiger partial charge on any atom is -0.346 e. The summed E-state index contributed by atoms with van der Waals surface area (Å²) < 4.78 is 2.35. The molecule has 1 unspecified atom stereocenters. The van der Waals surface area contributed by atoms with Crippen LogP contribution >= 0.6 is 0 Å². The third-order valence-corrected chi connectivity index (χ3v) is 8.78. The number of rotatable bonds is 4. The van der Waals surface area contributed by atoms with Crippen molar-refractivity contribution < 1.29 is 0 Å². The van der Waals surface area contributed by atoms with Crippen molar-refractivity contribution in [2.24, 2.45) is 0 Å². The maximum atomic E-state index is 4.94. The lowest BCUT2D eigenvalue weighted by atomic mass is 9.97. The molecule has 0 amide bonds. The highest BCUT2D eigenvalue weighted by Gasteiger charge is 2.40. The lowest BCUT2D eigenvalue weighted by Crippen LogP contribution is -2.36. The summed E-state index contributed by atoms with van der Waals surface area (Å²) in [4.78, 5) is 7.36. The predicted octanol–water partition coefficient (Wildman–Crippen LogP) is 9.80. The van der Waals surface area contributed by atoms with Gasteiger partial charge in [-0.3, -0.25) is 9.55 Å². The zero-order valence-electron chi connectivity index (χ0n) is 23.9. The maximum Gasteiger partial charge on any atom is 0.133 e. The first-order chi connectivity index (χ1) is 21.8. The van der Waals surface area contributed by atoms with Crippen LogP contribution in [0.2, 0.25) is 0 Å². The maximum absolute atomic E-state index is 4.94. The number of hydrogen-bond donors (Lipinski definition) is 1. The Labute approximate surface area is 256 Å². The number of fused-ring (bicyclic) bond motifs is 6. The Morgan fingerprint density at radius 2 is 1.20 bits per heavy atom. The summed E-state index contributed by atoms with van der Waals surface area (Å²) >= 11 is 0. The van der Waals surface area contributed by atoms with Gasteiger partial charge >= 0.3 is 0 Å². The molecule has 2 aliphatic heterocycles. The van der Waals surface area contributed by atoms with E-state index in [0.29, 0.717) is 0 Å². The SMILES string of the molecule is C1=C2c3ncccc3N(c3cc(-c4ccccc4)cc(-c4ccccc4)c3)C2Nc2c1c1ccccc1n2-c1ccccc1. The summed E-state index contributed by atoms with van der Waals surface area (Å²) in [6, 6.07) is 51.7. The molecule has 1 N–H and O–H groups in total. The summed E-state index contributed by atoms with van der Waals surface area (Å²) in [5, 5.41) is 5.23. The first-order valence-corrected chi connectivity index (χ1v) is 15.0. The molecule has 4 heterocycles. The Hall–Kier alpha value is -5.87. The molecule has 0 spiro atoms. The molecule has 1 atom stereocenters. The molecule has 0 saturated heterocycles. The van der Waals surface area contributed by atoms with Crippen molar-refractivity contribution in [3.8, 4) is 27.9 Å². The fourth-order valence-corrected chi connectivity index (χ4v) is 6.83. The van der Waals surface area contributed by atoms with Crippen LogP contribution in [0.15, 0.2) is 152 Å². The molecular weight excluding hydrogens is 536 g/mol. The van der Waals surface area contributed by atoms with Crippen molar-refractivity contribution in [2.75, 3.05) is 10.2 Å². The second-order valence-electron chi connectivity index (χ2n) is 11.3. The topological polar surface area (TPSA) is 33.1 Å². The van der Waals surface area contributed by atoms with Gasteiger partial charge in [0.15, 0.2) is 0 Å². The minimum absolute atomic E-state index is 0.131. The smallest absolute Gasteiger partial charge is 0.133 e. The number of pyridine rings is 1. The van der Waals surface area contributed by atoms with Gasteiger partial charge in [0.05, 0.1) is 16.9 Å². The van der Waals surface area contributed by atoms with Gasteiger partial charge in [-0.15, -0.1) is 0 Å². The Bertz CT molecular complexity index is 2140. The first-order valence-electron chi connectivity index (χ1n) is 15.0. The van der Waals surface area contributed by atoms with Gasteiger partial charge in [-0.25, -0.2) is 0 Å². The van der Waals surface area contributed by atoms with Crippen LogP contribution in [0.1, 0.15) is 11.3 Å². The van der Waals surface area contributed by atoms with Crippen molar-refractivity contribution in [1.82, 2.24) is 9.55 Å². The van der Waals surface area contributed by atoms with E-state index in [9.17, 15) is 0 Å². The number of nitrogens with zero attached hydrogens (tertiary/aromatic N) is 3. The largest absolute Gasteiger partial charge is 0.346 e. The Balaban J connectivity index is 1.27. The van der Waals surface area contributed by atoms with E-state index in [1.165, 1.54) is 44.3 Å². The zero-order chi connectivity index (χ0) is 29.0. The average molecular weight is 565 g/mol. The van der Waals surface area contributed by atoms with E-state index in [1.54, 1.807) is 0 Å². The Kier molecular flexibility index (Phi) is 5.53. The summed E-state index contributed by atoms with van der Waals surface area (Å²) in [6.45, 7) is 0.